The predicted octanol–water partition coefficient (Wildman–Crippen LogP) is 4.01. The van der Waals surface area contributed by atoms with E-state index in [-0.39, 0.29) is 5.91 Å². The molecule has 1 aromatic heterocycles. The highest BCUT2D eigenvalue weighted by atomic mass is 79.9. The number of hydrogen-bond acceptors (Lipinski definition) is 4. The van der Waals surface area contributed by atoms with E-state index >= 15 is 0 Å². The van der Waals surface area contributed by atoms with Crippen molar-refractivity contribution in [3.63, 3.8) is 0 Å². The van der Waals surface area contributed by atoms with Gasteiger partial charge in [-0.05, 0) is 31.5 Å². The van der Waals surface area contributed by atoms with Gasteiger partial charge in [-0.25, -0.2) is 9.97 Å². The van der Waals surface area contributed by atoms with E-state index in [1.54, 1.807) is 13.0 Å². The van der Waals surface area contributed by atoms with Crippen molar-refractivity contribution in [3.8, 4) is 0 Å². The van der Waals surface area contributed by atoms with Crippen molar-refractivity contribution >= 4 is 33.3 Å². The Hall–Kier alpha value is -1.95. The monoisotopic (exact) mass is 362 g/mol. The smallest absolute Gasteiger partial charge is 0.274 e. The van der Waals surface area contributed by atoms with E-state index in [9.17, 15) is 4.79 Å². The summed E-state index contributed by atoms with van der Waals surface area (Å²) in [6, 6.07) is 9.11. The Morgan fingerprint density at radius 3 is 2.82 bits per heavy atom. The van der Waals surface area contributed by atoms with Crippen molar-refractivity contribution in [3.05, 3.63) is 46.3 Å². The average Bonchev–Trinajstić information content (AvgIpc) is 2.47. The van der Waals surface area contributed by atoms with Crippen LogP contribution >= 0.6 is 15.9 Å². The van der Waals surface area contributed by atoms with Crippen LogP contribution in [0.15, 0.2) is 34.8 Å². The fourth-order valence-corrected chi connectivity index (χ4v) is 2.33. The summed E-state index contributed by atoms with van der Waals surface area (Å²) in [5.74, 6) is 1.00. The Bertz CT molecular complexity index is 660. The third-order valence-corrected chi connectivity index (χ3v) is 3.48. The lowest BCUT2D eigenvalue weighted by Crippen LogP contribution is -2.16. The summed E-state index contributed by atoms with van der Waals surface area (Å²) in [4.78, 5) is 20.8. The van der Waals surface area contributed by atoms with Crippen molar-refractivity contribution in [1.82, 2.24) is 9.97 Å². The molecular weight excluding hydrogens is 344 g/mol. The number of carbonyl (C=O) groups is 1. The number of nitrogens with one attached hydrogen (secondary N) is 2. The largest absolute Gasteiger partial charge is 0.370 e. The number of halogens is 1. The SMILES string of the molecule is CCCCNc1cc(C(=O)Nc2cccc(Br)c2)nc(C)n1. The highest BCUT2D eigenvalue weighted by Crippen LogP contribution is 2.17. The van der Waals surface area contributed by atoms with E-state index in [4.69, 9.17) is 0 Å². The number of aryl methyl sites for hydroxylation is 1. The second kappa shape index (κ2) is 7.89. The quantitative estimate of drug-likeness (QED) is 0.761. The molecule has 0 aliphatic rings. The normalized spacial score (nSPS) is 10.3. The van der Waals surface area contributed by atoms with Crippen LogP contribution in [0.5, 0.6) is 0 Å². The zero-order chi connectivity index (χ0) is 15.9. The number of nitrogens with zero attached hydrogens (tertiary/aromatic N) is 2. The summed E-state index contributed by atoms with van der Waals surface area (Å²) in [5.41, 5.74) is 1.07. The number of aromatic nitrogens is 2. The second-order valence-corrected chi connectivity index (χ2v) is 5.85. The van der Waals surface area contributed by atoms with Crippen LogP contribution in [-0.4, -0.2) is 22.4 Å². The van der Waals surface area contributed by atoms with Gasteiger partial charge in [-0.15, -0.1) is 0 Å². The molecule has 0 unspecified atom stereocenters. The first-order chi connectivity index (χ1) is 10.6. The van der Waals surface area contributed by atoms with Crippen molar-refractivity contribution in [1.29, 1.82) is 0 Å². The number of anilines is 2. The molecule has 0 saturated heterocycles. The molecule has 2 aromatic rings. The molecule has 1 aromatic carbocycles. The van der Waals surface area contributed by atoms with Crippen LogP contribution in [0.2, 0.25) is 0 Å². The summed E-state index contributed by atoms with van der Waals surface area (Å²) >= 11 is 3.38. The van der Waals surface area contributed by atoms with Crippen LogP contribution in [0.25, 0.3) is 0 Å². The van der Waals surface area contributed by atoms with E-state index in [0.29, 0.717) is 17.3 Å². The molecule has 2 N–H and O–H groups in total. The van der Waals surface area contributed by atoms with E-state index in [0.717, 1.165) is 29.5 Å². The van der Waals surface area contributed by atoms with Crippen LogP contribution < -0.4 is 10.6 Å². The number of benzene rings is 1. The van der Waals surface area contributed by atoms with Gasteiger partial charge in [-0.3, -0.25) is 4.79 Å². The van der Waals surface area contributed by atoms with Gasteiger partial charge < -0.3 is 10.6 Å². The van der Waals surface area contributed by atoms with E-state index in [1.807, 2.05) is 24.3 Å². The molecule has 0 spiro atoms. The van der Waals surface area contributed by atoms with Gasteiger partial charge in [0, 0.05) is 22.8 Å². The molecule has 0 bridgehead atoms. The standard InChI is InChI=1S/C16H19BrN4O/c1-3-4-8-18-15-10-14(19-11(2)20-15)16(22)21-13-7-5-6-12(17)9-13/h5-7,9-10H,3-4,8H2,1-2H3,(H,21,22)(H,18,19,20). The first-order valence-corrected chi connectivity index (χ1v) is 8.04. The van der Waals surface area contributed by atoms with Crippen LogP contribution in [0.4, 0.5) is 11.5 Å². The molecule has 2 rings (SSSR count). The summed E-state index contributed by atoms with van der Waals surface area (Å²) in [5, 5.41) is 6.05. The zero-order valence-corrected chi connectivity index (χ0v) is 14.3. The summed E-state index contributed by atoms with van der Waals surface area (Å²) in [6.45, 7) is 4.74. The van der Waals surface area contributed by atoms with E-state index in [2.05, 4.69) is 43.5 Å². The number of hydrogen-bond donors (Lipinski definition) is 2. The number of amides is 1. The molecular formula is C16H19BrN4O. The first kappa shape index (κ1) is 16.4. The minimum atomic E-state index is -0.248. The van der Waals surface area contributed by atoms with Gasteiger partial charge in [0.15, 0.2) is 0 Å². The fraction of sp³-hybridized carbons (Fsp3) is 0.312. The van der Waals surface area contributed by atoms with Crippen LogP contribution in [-0.2, 0) is 0 Å². The number of rotatable bonds is 6. The molecule has 116 valence electrons. The predicted molar refractivity (Wildman–Crippen MR) is 92.3 cm³/mol. The van der Waals surface area contributed by atoms with E-state index in [1.165, 1.54) is 0 Å². The van der Waals surface area contributed by atoms with Crippen LogP contribution in [0.3, 0.4) is 0 Å². The molecule has 1 heterocycles. The van der Waals surface area contributed by atoms with Gasteiger partial charge in [0.1, 0.15) is 17.3 Å². The van der Waals surface area contributed by atoms with Crippen LogP contribution in [0.1, 0.15) is 36.1 Å². The molecule has 22 heavy (non-hydrogen) atoms. The maximum Gasteiger partial charge on any atom is 0.274 e. The third-order valence-electron chi connectivity index (χ3n) is 2.99. The van der Waals surface area contributed by atoms with Crippen molar-refractivity contribution in [2.45, 2.75) is 26.7 Å². The first-order valence-electron chi connectivity index (χ1n) is 7.25. The number of unbranched alkanes of at least 4 members (excludes halogenated alkanes) is 1. The van der Waals surface area contributed by atoms with Gasteiger partial charge in [0.2, 0.25) is 0 Å². The molecule has 0 aliphatic carbocycles. The van der Waals surface area contributed by atoms with Gasteiger partial charge in [-0.2, -0.15) is 0 Å². The van der Waals surface area contributed by atoms with Crippen molar-refractivity contribution in [2.24, 2.45) is 0 Å². The van der Waals surface area contributed by atoms with Gasteiger partial charge >= 0.3 is 0 Å². The fourth-order valence-electron chi connectivity index (χ4n) is 1.93. The molecule has 0 atom stereocenters. The summed E-state index contributed by atoms with van der Waals surface area (Å²) in [7, 11) is 0. The summed E-state index contributed by atoms with van der Waals surface area (Å²) < 4.78 is 0.908. The Labute approximate surface area is 138 Å². The molecule has 6 heteroatoms. The lowest BCUT2D eigenvalue weighted by molar-refractivity contribution is 0.102. The molecule has 5 nitrogen and oxygen atoms in total. The molecule has 0 aliphatic heterocycles. The van der Waals surface area contributed by atoms with Gasteiger partial charge in [0.25, 0.3) is 5.91 Å². The Morgan fingerprint density at radius 1 is 1.27 bits per heavy atom. The maximum atomic E-state index is 12.3. The lowest BCUT2D eigenvalue weighted by atomic mass is 10.3. The minimum Gasteiger partial charge on any atom is -0.370 e. The average molecular weight is 363 g/mol. The summed E-state index contributed by atoms with van der Waals surface area (Å²) in [6.07, 6.45) is 2.16. The maximum absolute atomic E-state index is 12.3. The third kappa shape index (κ3) is 4.80. The molecule has 0 fully saturated rings. The zero-order valence-electron chi connectivity index (χ0n) is 12.7. The topological polar surface area (TPSA) is 66.9 Å². The van der Waals surface area contributed by atoms with Crippen molar-refractivity contribution < 1.29 is 4.79 Å². The van der Waals surface area contributed by atoms with Crippen molar-refractivity contribution in [2.75, 3.05) is 17.2 Å². The molecule has 0 saturated carbocycles. The Morgan fingerprint density at radius 2 is 2.09 bits per heavy atom. The van der Waals surface area contributed by atoms with Gasteiger partial charge in [0.05, 0.1) is 0 Å². The molecule has 0 radical (unpaired) electrons. The Kier molecular flexibility index (Phi) is 5.89. The second-order valence-electron chi connectivity index (χ2n) is 4.93. The lowest BCUT2D eigenvalue weighted by Gasteiger charge is -2.09. The van der Waals surface area contributed by atoms with E-state index < -0.39 is 0 Å². The number of carbonyl (C=O) groups excluding carboxylic acids is 1. The minimum absolute atomic E-state index is 0.248. The highest BCUT2D eigenvalue weighted by molar-refractivity contribution is 9.10. The van der Waals surface area contributed by atoms with Gasteiger partial charge in [-0.1, -0.05) is 35.3 Å². The highest BCUT2D eigenvalue weighted by Gasteiger charge is 2.11. The Balaban J connectivity index is 2.11. The molecule has 1 amide bonds. The van der Waals surface area contributed by atoms with Crippen LogP contribution in [0, 0.1) is 6.92 Å².